The SMILES string of the molecule is BrCCN1CCCN(CC2CCOc3ccccc32)CC1. The molecule has 116 valence electrons. The van der Waals surface area contributed by atoms with Gasteiger partial charge in [0.25, 0.3) is 0 Å². The molecule has 1 unspecified atom stereocenters. The van der Waals surface area contributed by atoms with E-state index < -0.39 is 0 Å². The Morgan fingerprint density at radius 2 is 1.90 bits per heavy atom. The molecule has 2 aliphatic rings. The van der Waals surface area contributed by atoms with Crippen molar-refractivity contribution < 1.29 is 4.74 Å². The second-order valence-corrected chi connectivity index (χ2v) is 6.85. The van der Waals surface area contributed by atoms with Gasteiger partial charge in [0, 0.05) is 37.4 Å². The molecule has 0 amide bonds. The van der Waals surface area contributed by atoms with E-state index in [2.05, 4.69) is 50.0 Å². The number of alkyl halides is 1. The molecule has 1 atom stereocenters. The molecule has 4 heteroatoms. The number of fused-ring (bicyclic) bond motifs is 1. The second kappa shape index (κ2) is 7.61. The zero-order chi connectivity index (χ0) is 14.5. The van der Waals surface area contributed by atoms with Crippen molar-refractivity contribution in [2.45, 2.75) is 18.8 Å². The Labute approximate surface area is 136 Å². The molecule has 0 radical (unpaired) electrons. The number of ether oxygens (including phenoxy) is 1. The van der Waals surface area contributed by atoms with Gasteiger partial charge in [0.2, 0.25) is 0 Å². The third-order valence-corrected chi connectivity index (χ3v) is 5.00. The second-order valence-electron chi connectivity index (χ2n) is 6.06. The highest BCUT2D eigenvalue weighted by Gasteiger charge is 2.24. The summed E-state index contributed by atoms with van der Waals surface area (Å²) >= 11 is 3.55. The average molecular weight is 353 g/mol. The fourth-order valence-electron chi connectivity index (χ4n) is 3.47. The molecule has 1 aromatic rings. The van der Waals surface area contributed by atoms with Gasteiger partial charge < -0.3 is 14.5 Å². The first-order valence-corrected chi connectivity index (χ1v) is 9.21. The molecule has 2 heterocycles. The Balaban J connectivity index is 1.60. The van der Waals surface area contributed by atoms with Gasteiger partial charge in [-0.25, -0.2) is 0 Å². The predicted molar refractivity (Wildman–Crippen MR) is 90.6 cm³/mol. The summed E-state index contributed by atoms with van der Waals surface area (Å²) < 4.78 is 5.78. The van der Waals surface area contributed by atoms with Crippen LogP contribution in [0.2, 0.25) is 0 Å². The number of rotatable bonds is 4. The van der Waals surface area contributed by atoms with Crippen molar-refractivity contribution in [2.75, 3.05) is 51.2 Å². The lowest BCUT2D eigenvalue weighted by atomic mass is 9.92. The Hall–Kier alpha value is -0.580. The van der Waals surface area contributed by atoms with Gasteiger partial charge in [-0.1, -0.05) is 34.1 Å². The summed E-state index contributed by atoms with van der Waals surface area (Å²) in [5.41, 5.74) is 1.41. The van der Waals surface area contributed by atoms with E-state index in [1.54, 1.807) is 0 Å². The highest BCUT2D eigenvalue weighted by Crippen LogP contribution is 2.33. The molecule has 1 aromatic carbocycles. The molecular formula is C17H25BrN2O. The van der Waals surface area contributed by atoms with E-state index in [-0.39, 0.29) is 0 Å². The topological polar surface area (TPSA) is 15.7 Å². The third kappa shape index (κ3) is 3.99. The van der Waals surface area contributed by atoms with Gasteiger partial charge in [0.05, 0.1) is 6.61 Å². The lowest BCUT2D eigenvalue weighted by Crippen LogP contribution is -2.35. The fraction of sp³-hybridized carbons (Fsp3) is 0.647. The molecule has 3 rings (SSSR count). The van der Waals surface area contributed by atoms with Crippen LogP contribution in [0.25, 0.3) is 0 Å². The van der Waals surface area contributed by atoms with Crippen LogP contribution in [-0.2, 0) is 0 Å². The largest absolute Gasteiger partial charge is 0.493 e. The van der Waals surface area contributed by atoms with Gasteiger partial charge in [-0.05, 0) is 37.6 Å². The van der Waals surface area contributed by atoms with Gasteiger partial charge in [-0.3, -0.25) is 0 Å². The van der Waals surface area contributed by atoms with Crippen molar-refractivity contribution in [1.82, 2.24) is 9.80 Å². The summed E-state index contributed by atoms with van der Waals surface area (Å²) in [6.07, 6.45) is 2.44. The van der Waals surface area contributed by atoms with Crippen LogP contribution in [0.1, 0.15) is 24.3 Å². The lowest BCUT2D eigenvalue weighted by Gasteiger charge is -2.30. The molecule has 0 spiro atoms. The number of halogens is 1. The minimum absolute atomic E-state index is 0.637. The molecule has 1 saturated heterocycles. The zero-order valence-corrected chi connectivity index (χ0v) is 14.2. The monoisotopic (exact) mass is 352 g/mol. The predicted octanol–water partition coefficient (Wildman–Crippen LogP) is 2.96. The van der Waals surface area contributed by atoms with E-state index in [1.807, 2.05) is 0 Å². The normalized spacial score (nSPS) is 24.1. The smallest absolute Gasteiger partial charge is 0.122 e. The Morgan fingerprint density at radius 3 is 2.81 bits per heavy atom. The summed E-state index contributed by atoms with van der Waals surface area (Å²) in [7, 11) is 0. The van der Waals surface area contributed by atoms with E-state index in [1.165, 1.54) is 51.3 Å². The molecule has 2 aliphatic heterocycles. The molecule has 0 N–H and O–H groups in total. The third-order valence-electron chi connectivity index (χ3n) is 4.64. The van der Waals surface area contributed by atoms with Crippen molar-refractivity contribution in [1.29, 1.82) is 0 Å². The maximum Gasteiger partial charge on any atom is 0.122 e. The minimum Gasteiger partial charge on any atom is -0.493 e. The summed E-state index contributed by atoms with van der Waals surface area (Å²) in [6, 6.07) is 8.57. The van der Waals surface area contributed by atoms with Gasteiger partial charge in [-0.15, -0.1) is 0 Å². The number of nitrogens with zero attached hydrogens (tertiary/aromatic N) is 2. The van der Waals surface area contributed by atoms with Crippen molar-refractivity contribution >= 4 is 15.9 Å². The average Bonchev–Trinajstić information content (AvgIpc) is 2.74. The Bertz CT molecular complexity index is 454. The standard InChI is InChI=1S/C17H25BrN2O/c18-7-10-19-8-3-9-20(12-11-19)14-15-6-13-21-17-5-2-1-4-16(15)17/h1-2,4-5,15H,3,6-14H2. The first-order valence-electron chi connectivity index (χ1n) is 8.09. The van der Waals surface area contributed by atoms with Gasteiger partial charge in [0.1, 0.15) is 5.75 Å². The summed E-state index contributed by atoms with van der Waals surface area (Å²) in [5.74, 6) is 1.74. The van der Waals surface area contributed by atoms with Crippen LogP contribution in [0.3, 0.4) is 0 Å². The van der Waals surface area contributed by atoms with E-state index >= 15 is 0 Å². The number of benzene rings is 1. The van der Waals surface area contributed by atoms with E-state index in [4.69, 9.17) is 4.74 Å². The van der Waals surface area contributed by atoms with Crippen LogP contribution in [0.15, 0.2) is 24.3 Å². The first-order chi connectivity index (χ1) is 10.4. The maximum absolute atomic E-state index is 5.78. The molecule has 21 heavy (non-hydrogen) atoms. The molecule has 0 aromatic heterocycles. The van der Waals surface area contributed by atoms with Crippen molar-refractivity contribution in [3.05, 3.63) is 29.8 Å². The minimum atomic E-state index is 0.637. The van der Waals surface area contributed by atoms with E-state index in [0.717, 1.165) is 24.1 Å². The van der Waals surface area contributed by atoms with Crippen LogP contribution in [0.4, 0.5) is 0 Å². The molecular weight excluding hydrogens is 328 g/mol. The number of para-hydroxylation sites is 1. The first kappa shape index (κ1) is 15.3. The van der Waals surface area contributed by atoms with Crippen molar-refractivity contribution in [3.63, 3.8) is 0 Å². The van der Waals surface area contributed by atoms with Gasteiger partial charge in [0.15, 0.2) is 0 Å². The van der Waals surface area contributed by atoms with Crippen LogP contribution in [-0.4, -0.2) is 61.0 Å². The maximum atomic E-state index is 5.78. The summed E-state index contributed by atoms with van der Waals surface area (Å²) in [6.45, 7) is 8.11. The van der Waals surface area contributed by atoms with Crippen LogP contribution < -0.4 is 4.74 Å². The van der Waals surface area contributed by atoms with E-state index in [0.29, 0.717) is 5.92 Å². The molecule has 0 bridgehead atoms. The van der Waals surface area contributed by atoms with Gasteiger partial charge in [-0.2, -0.15) is 0 Å². The molecule has 3 nitrogen and oxygen atoms in total. The fourth-order valence-corrected chi connectivity index (χ4v) is 3.97. The van der Waals surface area contributed by atoms with E-state index in [9.17, 15) is 0 Å². The Kier molecular flexibility index (Phi) is 5.55. The summed E-state index contributed by atoms with van der Waals surface area (Å²) in [5, 5.41) is 1.08. The number of hydrogen-bond donors (Lipinski definition) is 0. The highest BCUT2D eigenvalue weighted by atomic mass is 79.9. The molecule has 1 fully saturated rings. The quantitative estimate of drug-likeness (QED) is 0.774. The van der Waals surface area contributed by atoms with Crippen LogP contribution in [0, 0.1) is 0 Å². The van der Waals surface area contributed by atoms with Gasteiger partial charge >= 0.3 is 0 Å². The van der Waals surface area contributed by atoms with Crippen LogP contribution >= 0.6 is 15.9 Å². The summed E-state index contributed by atoms with van der Waals surface area (Å²) in [4.78, 5) is 5.23. The zero-order valence-electron chi connectivity index (χ0n) is 12.6. The van der Waals surface area contributed by atoms with Crippen molar-refractivity contribution in [3.8, 4) is 5.75 Å². The van der Waals surface area contributed by atoms with Crippen molar-refractivity contribution in [2.24, 2.45) is 0 Å². The molecule has 0 saturated carbocycles. The molecule has 0 aliphatic carbocycles. The number of hydrogen-bond acceptors (Lipinski definition) is 3. The lowest BCUT2D eigenvalue weighted by molar-refractivity contribution is 0.212. The van der Waals surface area contributed by atoms with Crippen LogP contribution in [0.5, 0.6) is 5.75 Å². The highest BCUT2D eigenvalue weighted by molar-refractivity contribution is 9.09. The Morgan fingerprint density at radius 1 is 1.10 bits per heavy atom.